The Bertz CT molecular complexity index is 1040. The minimum absolute atomic E-state index is 0.0430. The van der Waals surface area contributed by atoms with Crippen LogP contribution < -0.4 is 14.8 Å². The molecule has 1 heterocycles. The smallest absolute Gasteiger partial charge is 0.230 e. The van der Waals surface area contributed by atoms with Crippen molar-refractivity contribution in [3.05, 3.63) is 59.9 Å². The highest BCUT2D eigenvalue weighted by atomic mass is 32.2. The predicted octanol–water partition coefficient (Wildman–Crippen LogP) is 4.70. The third-order valence-corrected chi connectivity index (χ3v) is 6.65. The normalized spacial score (nSPS) is 14.1. The van der Waals surface area contributed by atoms with E-state index >= 15 is 0 Å². The van der Waals surface area contributed by atoms with Crippen LogP contribution in [0.2, 0.25) is 0 Å². The number of hydrogen-bond donors (Lipinski definition) is 1. The van der Waals surface area contributed by atoms with Crippen LogP contribution in [0.15, 0.2) is 53.7 Å². The highest BCUT2D eigenvalue weighted by molar-refractivity contribution is 7.99. The van der Waals surface area contributed by atoms with Crippen molar-refractivity contribution in [1.29, 1.82) is 0 Å². The molecular formula is C25H30N4O3S. The van der Waals surface area contributed by atoms with Crippen molar-refractivity contribution in [1.82, 2.24) is 20.1 Å². The monoisotopic (exact) mass is 466 g/mol. The van der Waals surface area contributed by atoms with Gasteiger partial charge < -0.3 is 14.8 Å². The van der Waals surface area contributed by atoms with Gasteiger partial charge >= 0.3 is 0 Å². The van der Waals surface area contributed by atoms with Crippen LogP contribution in [0.3, 0.4) is 0 Å². The number of amides is 1. The first-order valence-corrected chi connectivity index (χ1v) is 12.3. The fourth-order valence-corrected chi connectivity index (χ4v) is 4.69. The number of hydrogen-bond acceptors (Lipinski definition) is 6. The van der Waals surface area contributed by atoms with Gasteiger partial charge in [0.05, 0.1) is 12.9 Å². The largest absolute Gasteiger partial charge is 0.497 e. The van der Waals surface area contributed by atoms with E-state index in [1.165, 1.54) is 36.6 Å². The van der Waals surface area contributed by atoms with Crippen molar-refractivity contribution in [2.45, 2.75) is 56.8 Å². The van der Waals surface area contributed by atoms with Crippen molar-refractivity contribution >= 4 is 17.7 Å². The molecule has 3 aromatic rings. The Hall–Kier alpha value is -3.00. The highest BCUT2D eigenvalue weighted by Gasteiger charge is 2.19. The van der Waals surface area contributed by atoms with Crippen LogP contribution in [-0.4, -0.2) is 39.6 Å². The summed E-state index contributed by atoms with van der Waals surface area (Å²) < 4.78 is 13.1. The van der Waals surface area contributed by atoms with Gasteiger partial charge in [0.15, 0.2) is 11.0 Å². The third kappa shape index (κ3) is 6.28. The Labute approximate surface area is 198 Å². The van der Waals surface area contributed by atoms with Crippen molar-refractivity contribution in [2.24, 2.45) is 0 Å². The lowest BCUT2D eigenvalue weighted by Crippen LogP contribution is -2.37. The average molecular weight is 467 g/mol. The maximum Gasteiger partial charge on any atom is 0.230 e. The standard InChI is InChI=1S/C25H30N4O3S/c1-18-8-10-20(11-9-18)29-23(16-32-22-14-12-21(31-2)13-15-22)27-28-25(29)33-17-24(30)26-19-6-4-3-5-7-19/h8-15,19H,3-7,16-17H2,1-2H3,(H,26,30). The van der Waals surface area contributed by atoms with E-state index in [0.29, 0.717) is 22.8 Å². The number of rotatable bonds is 9. The molecule has 1 aliphatic carbocycles. The van der Waals surface area contributed by atoms with Gasteiger partial charge in [-0.3, -0.25) is 9.36 Å². The number of nitrogens with one attached hydrogen (secondary N) is 1. The maximum atomic E-state index is 12.5. The summed E-state index contributed by atoms with van der Waals surface area (Å²) in [4.78, 5) is 12.5. The molecule has 8 heteroatoms. The van der Waals surface area contributed by atoms with Gasteiger partial charge in [0.25, 0.3) is 0 Å². The molecule has 0 aliphatic heterocycles. The zero-order valence-electron chi connectivity index (χ0n) is 19.1. The fraction of sp³-hybridized carbons (Fsp3) is 0.400. The van der Waals surface area contributed by atoms with E-state index in [0.717, 1.165) is 30.0 Å². The van der Waals surface area contributed by atoms with Crippen LogP contribution in [-0.2, 0) is 11.4 Å². The predicted molar refractivity (Wildman–Crippen MR) is 129 cm³/mol. The molecule has 7 nitrogen and oxygen atoms in total. The Balaban J connectivity index is 1.46. The van der Waals surface area contributed by atoms with E-state index in [1.807, 2.05) is 53.1 Å². The molecule has 0 radical (unpaired) electrons. The summed E-state index contributed by atoms with van der Waals surface area (Å²) in [5.74, 6) is 2.51. The summed E-state index contributed by atoms with van der Waals surface area (Å²) in [7, 11) is 1.63. The van der Waals surface area contributed by atoms with Crippen LogP contribution in [0.5, 0.6) is 11.5 Å². The fourth-order valence-electron chi connectivity index (χ4n) is 3.91. The van der Waals surface area contributed by atoms with E-state index < -0.39 is 0 Å². The maximum absolute atomic E-state index is 12.5. The van der Waals surface area contributed by atoms with Crippen molar-refractivity contribution in [3.63, 3.8) is 0 Å². The zero-order chi connectivity index (χ0) is 23.0. The Morgan fingerprint density at radius 2 is 1.73 bits per heavy atom. The Morgan fingerprint density at radius 1 is 1.03 bits per heavy atom. The van der Waals surface area contributed by atoms with Crippen molar-refractivity contribution in [3.8, 4) is 17.2 Å². The highest BCUT2D eigenvalue weighted by Crippen LogP contribution is 2.25. The third-order valence-electron chi connectivity index (χ3n) is 5.72. The molecule has 0 spiro atoms. The number of methoxy groups -OCH3 is 1. The van der Waals surface area contributed by atoms with Crippen LogP contribution >= 0.6 is 11.8 Å². The van der Waals surface area contributed by atoms with Gasteiger partial charge in [-0.25, -0.2) is 0 Å². The first kappa shape index (κ1) is 23.2. The van der Waals surface area contributed by atoms with Gasteiger partial charge in [-0.15, -0.1) is 10.2 Å². The summed E-state index contributed by atoms with van der Waals surface area (Å²) in [6, 6.07) is 15.9. The number of thioether (sulfide) groups is 1. The number of ether oxygens (including phenoxy) is 2. The number of nitrogens with zero attached hydrogens (tertiary/aromatic N) is 3. The molecule has 1 amide bonds. The molecule has 0 saturated heterocycles. The minimum Gasteiger partial charge on any atom is -0.497 e. The number of benzene rings is 2. The van der Waals surface area contributed by atoms with Crippen LogP contribution in [0.4, 0.5) is 0 Å². The summed E-state index contributed by atoms with van der Waals surface area (Å²) >= 11 is 1.40. The van der Waals surface area contributed by atoms with E-state index in [2.05, 4.69) is 22.4 Å². The SMILES string of the molecule is COc1ccc(OCc2nnc(SCC(=O)NC3CCCCC3)n2-c2ccc(C)cc2)cc1. The first-order chi connectivity index (χ1) is 16.1. The second-order valence-corrected chi connectivity index (χ2v) is 9.17. The molecule has 0 bridgehead atoms. The van der Waals surface area contributed by atoms with Gasteiger partial charge in [0.2, 0.25) is 5.91 Å². The molecule has 1 aliphatic rings. The topological polar surface area (TPSA) is 78.3 Å². The molecular weight excluding hydrogens is 436 g/mol. The quantitative estimate of drug-likeness (QED) is 0.461. The van der Waals surface area contributed by atoms with Crippen LogP contribution in [0.1, 0.15) is 43.5 Å². The molecule has 4 rings (SSSR count). The number of carbonyl (C=O) groups is 1. The molecule has 174 valence electrons. The first-order valence-electron chi connectivity index (χ1n) is 11.3. The Morgan fingerprint density at radius 3 is 2.42 bits per heavy atom. The number of aromatic nitrogens is 3. The van der Waals surface area contributed by atoms with Gasteiger partial charge in [0.1, 0.15) is 18.1 Å². The lowest BCUT2D eigenvalue weighted by Gasteiger charge is -2.22. The van der Waals surface area contributed by atoms with E-state index in [4.69, 9.17) is 9.47 Å². The van der Waals surface area contributed by atoms with Crippen molar-refractivity contribution in [2.75, 3.05) is 12.9 Å². The van der Waals surface area contributed by atoms with Crippen LogP contribution in [0, 0.1) is 6.92 Å². The molecule has 2 aromatic carbocycles. The molecule has 1 saturated carbocycles. The van der Waals surface area contributed by atoms with E-state index in [-0.39, 0.29) is 12.5 Å². The van der Waals surface area contributed by atoms with Gasteiger partial charge in [-0.2, -0.15) is 0 Å². The van der Waals surface area contributed by atoms with E-state index in [9.17, 15) is 4.79 Å². The summed E-state index contributed by atoms with van der Waals surface area (Å²) in [6.07, 6.45) is 5.79. The van der Waals surface area contributed by atoms with Crippen LogP contribution in [0.25, 0.3) is 5.69 Å². The second kappa shape index (κ2) is 11.2. The summed E-state index contributed by atoms with van der Waals surface area (Å²) in [5, 5.41) is 12.6. The number of aryl methyl sites for hydroxylation is 1. The summed E-state index contributed by atoms with van der Waals surface area (Å²) in [6.45, 7) is 2.30. The lowest BCUT2D eigenvalue weighted by atomic mass is 9.95. The van der Waals surface area contributed by atoms with Gasteiger partial charge in [-0.1, -0.05) is 48.7 Å². The average Bonchev–Trinajstić information content (AvgIpc) is 3.25. The second-order valence-electron chi connectivity index (χ2n) is 8.23. The number of carbonyl (C=O) groups excluding carboxylic acids is 1. The van der Waals surface area contributed by atoms with Gasteiger partial charge in [-0.05, 0) is 56.2 Å². The molecule has 33 heavy (non-hydrogen) atoms. The molecule has 1 aromatic heterocycles. The lowest BCUT2D eigenvalue weighted by molar-refractivity contribution is -0.119. The van der Waals surface area contributed by atoms with Gasteiger partial charge in [0, 0.05) is 11.7 Å². The molecule has 0 unspecified atom stereocenters. The van der Waals surface area contributed by atoms with E-state index in [1.54, 1.807) is 7.11 Å². The molecule has 1 N–H and O–H groups in total. The molecule has 1 fully saturated rings. The molecule has 0 atom stereocenters. The zero-order valence-corrected chi connectivity index (χ0v) is 19.9. The Kier molecular flexibility index (Phi) is 7.88. The minimum atomic E-state index is 0.0430. The van der Waals surface area contributed by atoms with Crippen molar-refractivity contribution < 1.29 is 14.3 Å². The summed E-state index contributed by atoms with van der Waals surface area (Å²) in [5.41, 5.74) is 2.11.